The average molecular weight is 571 g/mol. The SMILES string of the molecule is COc1ccc(CNC(=O)c2cc([N+](=O)[O-])ccc2-c2cc(O)c3c4c2C[C@@H]2[C@@H]5C=C[C@H](O)[C@H](O3)[C@]45CCN2C)cn1. The number of rotatable bonds is 6. The Morgan fingerprint density at radius 2 is 2.10 bits per heavy atom. The van der Waals surface area contributed by atoms with Crippen molar-refractivity contribution < 1.29 is 29.4 Å². The first kappa shape index (κ1) is 26.4. The van der Waals surface area contributed by atoms with Gasteiger partial charge < -0.3 is 29.9 Å². The molecule has 1 saturated heterocycles. The van der Waals surface area contributed by atoms with Crippen molar-refractivity contribution in [3.8, 4) is 28.5 Å². The summed E-state index contributed by atoms with van der Waals surface area (Å²) in [6.45, 7) is 0.967. The van der Waals surface area contributed by atoms with E-state index in [1.807, 2.05) is 0 Å². The number of likely N-dealkylation sites (N-methyl/N-ethyl adjacent to an activating group) is 1. The quantitative estimate of drug-likeness (QED) is 0.231. The van der Waals surface area contributed by atoms with Crippen molar-refractivity contribution in [2.45, 2.75) is 43.1 Å². The highest BCUT2D eigenvalue weighted by molar-refractivity contribution is 6.02. The molecule has 216 valence electrons. The zero-order valence-corrected chi connectivity index (χ0v) is 23.1. The molecule has 4 aliphatic rings. The zero-order chi connectivity index (χ0) is 29.3. The molecule has 2 aliphatic carbocycles. The number of aliphatic hydroxyl groups is 1. The van der Waals surface area contributed by atoms with Gasteiger partial charge in [-0.2, -0.15) is 0 Å². The molecule has 1 fully saturated rings. The Morgan fingerprint density at radius 1 is 1.26 bits per heavy atom. The summed E-state index contributed by atoms with van der Waals surface area (Å²) in [6.07, 6.45) is 5.49. The van der Waals surface area contributed by atoms with Gasteiger partial charge in [0.2, 0.25) is 5.88 Å². The second-order valence-electron chi connectivity index (χ2n) is 11.5. The minimum Gasteiger partial charge on any atom is -0.504 e. The maximum absolute atomic E-state index is 13.6. The van der Waals surface area contributed by atoms with Gasteiger partial charge in [-0.15, -0.1) is 0 Å². The van der Waals surface area contributed by atoms with E-state index in [0.717, 1.165) is 29.7 Å². The van der Waals surface area contributed by atoms with Crippen molar-refractivity contribution in [2.24, 2.45) is 5.92 Å². The van der Waals surface area contributed by atoms with Crippen molar-refractivity contribution in [2.75, 3.05) is 20.7 Å². The minimum absolute atomic E-state index is 0.0788. The smallest absolute Gasteiger partial charge is 0.270 e. The maximum Gasteiger partial charge on any atom is 0.270 e. The van der Waals surface area contributed by atoms with E-state index in [1.54, 1.807) is 36.5 Å². The predicted octanol–water partition coefficient (Wildman–Crippen LogP) is 3.11. The number of hydrogen-bond acceptors (Lipinski definition) is 9. The van der Waals surface area contributed by atoms with Crippen molar-refractivity contribution >= 4 is 11.6 Å². The van der Waals surface area contributed by atoms with E-state index in [0.29, 0.717) is 29.2 Å². The number of carbonyl (C=O) groups is 1. The summed E-state index contributed by atoms with van der Waals surface area (Å²) in [4.78, 5) is 31.3. The Balaban J connectivity index is 1.35. The number of nitro benzene ring substituents is 1. The average Bonchev–Trinajstić information content (AvgIpc) is 3.35. The van der Waals surface area contributed by atoms with Gasteiger partial charge in [0, 0.05) is 53.9 Å². The van der Waals surface area contributed by atoms with Crippen molar-refractivity contribution in [1.82, 2.24) is 15.2 Å². The first-order valence-corrected chi connectivity index (χ1v) is 13.9. The number of nitrogens with one attached hydrogen (secondary N) is 1. The molecule has 2 bridgehead atoms. The Labute approximate surface area is 241 Å². The first-order chi connectivity index (χ1) is 20.2. The van der Waals surface area contributed by atoms with Gasteiger partial charge in [0.15, 0.2) is 11.5 Å². The number of carbonyl (C=O) groups excluding carboxylic acids is 1. The number of likely N-dealkylation sites (tertiary alicyclic amines) is 1. The normalized spacial score (nSPS) is 26.7. The van der Waals surface area contributed by atoms with Crippen LogP contribution in [0, 0.1) is 16.0 Å². The number of amides is 1. The van der Waals surface area contributed by atoms with Gasteiger partial charge in [0.05, 0.1) is 17.6 Å². The maximum atomic E-state index is 13.6. The molecule has 3 aromatic rings. The van der Waals surface area contributed by atoms with E-state index in [1.165, 1.54) is 19.2 Å². The third kappa shape index (κ3) is 3.73. The Kier molecular flexibility index (Phi) is 6.00. The van der Waals surface area contributed by atoms with Crippen LogP contribution in [0.25, 0.3) is 11.1 Å². The molecule has 1 amide bonds. The first-order valence-electron chi connectivity index (χ1n) is 13.9. The molecule has 1 aromatic heterocycles. The van der Waals surface area contributed by atoms with E-state index in [2.05, 4.69) is 28.3 Å². The molecular weight excluding hydrogens is 540 g/mol. The molecule has 1 spiro atoms. The van der Waals surface area contributed by atoms with Crippen molar-refractivity contribution in [3.63, 3.8) is 0 Å². The van der Waals surface area contributed by atoms with Crippen molar-refractivity contribution in [1.29, 1.82) is 0 Å². The number of phenols is 1. The third-order valence-electron chi connectivity index (χ3n) is 9.49. The fourth-order valence-electron chi connectivity index (χ4n) is 7.55. The van der Waals surface area contributed by atoms with E-state index in [9.17, 15) is 25.1 Å². The number of phenolic OH excluding ortho intramolecular Hbond substituents is 1. The topological polar surface area (TPSA) is 147 Å². The fraction of sp³-hybridized carbons (Fsp3) is 0.355. The van der Waals surface area contributed by atoms with Crippen LogP contribution in [0.3, 0.4) is 0 Å². The summed E-state index contributed by atoms with van der Waals surface area (Å²) < 4.78 is 11.4. The minimum atomic E-state index is -0.820. The molecule has 0 saturated carbocycles. The lowest BCUT2D eigenvalue weighted by Crippen LogP contribution is -2.64. The number of methoxy groups -OCH3 is 1. The van der Waals surface area contributed by atoms with Crippen LogP contribution in [0.5, 0.6) is 17.4 Å². The van der Waals surface area contributed by atoms with Crippen LogP contribution in [0.1, 0.15) is 33.5 Å². The van der Waals surface area contributed by atoms with Gasteiger partial charge in [-0.3, -0.25) is 14.9 Å². The van der Waals surface area contributed by atoms with Gasteiger partial charge in [-0.25, -0.2) is 4.98 Å². The van der Waals surface area contributed by atoms with Crippen molar-refractivity contribution in [3.05, 3.63) is 87.1 Å². The van der Waals surface area contributed by atoms with E-state index in [-0.39, 0.29) is 35.5 Å². The zero-order valence-electron chi connectivity index (χ0n) is 23.1. The summed E-state index contributed by atoms with van der Waals surface area (Å²) in [5.74, 6) is 0.344. The lowest BCUT2D eigenvalue weighted by Gasteiger charge is -2.56. The highest BCUT2D eigenvalue weighted by Crippen LogP contribution is 2.63. The highest BCUT2D eigenvalue weighted by Gasteiger charge is 2.64. The van der Waals surface area contributed by atoms with Gasteiger partial charge >= 0.3 is 0 Å². The number of ether oxygens (including phenoxy) is 2. The summed E-state index contributed by atoms with van der Waals surface area (Å²) in [5.41, 5.74) is 3.04. The lowest BCUT2D eigenvalue weighted by atomic mass is 9.53. The van der Waals surface area contributed by atoms with E-state index in [4.69, 9.17) is 9.47 Å². The number of pyridine rings is 1. The third-order valence-corrected chi connectivity index (χ3v) is 9.49. The number of aromatic hydroxyl groups is 1. The standard InChI is InChI=1S/C31H30N4O7/c1-34-10-9-31-22-6-7-24(36)29(31)42-28-25(37)13-19(20(27(28)31)12-23(22)34)18-5-4-17(35(39)40)11-21(18)30(38)33-15-16-3-8-26(41-2)32-14-16/h3-8,11,13-14,22-24,29,36-37H,9-10,12,15H2,1-2H3,(H,33,38)/t22-,23+,24-,29-,31-/m0/s1. The van der Waals surface area contributed by atoms with Gasteiger partial charge in [0.1, 0.15) is 12.2 Å². The van der Waals surface area contributed by atoms with Crippen LogP contribution in [0.2, 0.25) is 0 Å². The summed E-state index contributed by atoms with van der Waals surface area (Å²) in [5, 5.41) is 36.8. The molecule has 5 atom stereocenters. The molecule has 2 aliphatic heterocycles. The van der Waals surface area contributed by atoms with Crippen LogP contribution in [-0.4, -0.2) is 69.9 Å². The van der Waals surface area contributed by atoms with Gasteiger partial charge in [-0.05, 0) is 60.8 Å². The Bertz CT molecular complexity index is 1660. The van der Waals surface area contributed by atoms with Crippen LogP contribution in [-0.2, 0) is 18.4 Å². The Hall–Kier alpha value is -4.48. The molecule has 42 heavy (non-hydrogen) atoms. The molecule has 3 N–H and O–H groups in total. The highest BCUT2D eigenvalue weighted by atomic mass is 16.6. The number of benzene rings is 2. The molecule has 11 nitrogen and oxygen atoms in total. The summed E-state index contributed by atoms with van der Waals surface area (Å²) in [6, 6.07) is 9.39. The molecule has 0 unspecified atom stereocenters. The monoisotopic (exact) mass is 570 g/mol. The molecule has 2 aromatic carbocycles. The second kappa shape index (κ2) is 9.53. The number of aliphatic hydroxyl groups excluding tert-OH is 1. The predicted molar refractivity (Wildman–Crippen MR) is 152 cm³/mol. The number of hydrogen-bond donors (Lipinski definition) is 3. The molecule has 0 radical (unpaired) electrons. The molecule has 3 heterocycles. The Morgan fingerprint density at radius 3 is 2.83 bits per heavy atom. The largest absolute Gasteiger partial charge is 0.504 e. The number of nitrogens with zero attached hydrogens (tertiary/aromatic N) is 3. The van der Waals surface area contributed by atoms with Crippen LogP contribution < -0.4 is 14.8 Å². The van der Waals surface area contributed by atoms with Gasteiger partial charge in [0.25, 0.3) is 11.6 Å². The van der Waals surface area contributed by atoms with E-state index < -0.39 is 28.5 Å². The summed E-state index contributed by atoms with van der Waals surface area (Å²) >= 11 is 0. The lowest BCUT2D eigenvalue weighted by molar-refractivity contribution is -0.384. The number of aromatic nitrogens is 1. The number of nitro groups is 1. The fourth-order valence-corrected chi connectivity index (χ4v) is 7.55. The molecule has 7 rings (SSSR count). The van der Waals surface area contributed by atoms with Gasteiger partial charge in [-0.1, -0.05) is 18.2 Å². The molecule has 11 heteroatoms. The number of piperidine rings is 1. The number of non-ortho nitro benzene ring substituents is 1. The van der Waals surface area contributed by atoms with Crippen LogP contribution >= 0.6 is 0 Å². The van der Waals surface area contributed by atoms with E-state index >= 15 is 0 Å². The second-order valence-corrected chi connectivity index (χ2v) is 11.5. The van der Waals surface area contributed by atoms with Crippen LogP contribution in [0.15, 0.2) is 54.7 Å². The molecular formula is C31H30N4O7. The summed E-state index contributed by atoms with van der Waals surface area (Å²) in [7, 11) is 3.61. The van der Waals surface area contributed by atoms with Crippen LogP contribution in [0.4, 0.5) is 5.69 Å².